The Bertz CT molecular complexity index is 511. The van der Waals surface area contributed by atoms with E-state index >= 15 is 0 Å². The minimum absolute atomic E-state index is 0.0155. The second-order valence-electron chi connectivity index (χ2n) is 8.13. The lowest BCUT2D eigenvalue weighted by molar-refractivity contribution is 0.158. The summed E-state index contributed by atoms with van der Waals surface area (Å²) in [6.45, 7) is 2.35. The zero-order valence-corrected chi connectivity index (χ0v) is 15.1. The first-order valence-electron chi connectivity index (χ1n) is 10.1. The molecule has 0 aromatic heterocycles. The van der Waals surface area contributed by atoms with E-state index in [9.17, 15) is 4.39 Å². The Morgan fingerprint density at radius 2 is 1.58 bits per heavy atom. The van der Waals surface area contributed by atoms with Gasteiger partial charge in [0.2, 0.25) is 0 Å². The molecule has 3 rings (SSSR count). The van der Waals surface area contributed by atoms with Crippen LogP contribution >= 0.6 is 0 Å². The number of benzene rings is 1. The zero-order valence-electron chi connectivity index (χ0n) is 15.1. The minimum Gasteiger partial charge on any atom is -0.396 e. The summed E-state index contributed by atoms with van der Waals surface area (Å²) in [5.74, 6) is 3.25. The van der Waals surface area contributed by atoms with Crippen LogP contribution in [-0.2, 0) is 6.42 Å². The molecule has 0 atom stereocenters. The van der Waals surface area contributed by atoms with Crippen LogP contribution in [0.25, 0.3) is 0 Å². The van der Waals surface area contributed by atoms with Crippen molar-refractivity contribution in [3.05, 3.63) is 35.1 Å². The van der Waals surface area contributed by atoms with E-state index in [4.69, 9.17) is 5.11 Å². The van der Waals surface area contributed by atoms with E-state index in [1.54, 1.807) is 6.07 Å². The fourth-order valence-electron chi connectivity index (χ4n) is 5.13. The second-order valence-corrected chi connectivity index (χ2v) is 8.13. The summed E-state index contributed by atoms with van der Waals surface area (Å²) in [5, 5.41) is 8.98. The van der Waals surface area contributed by atoms with Gasteiger partial charge in [0, 0.05) is 6.61 Å². The average Bonchev–Trinajstić information content (AvgIpc) is 2.64. The van der Waals surface area contributed by atoms with Crippen LogP contribution in [0.3, 0.4) is 0 Å². The van der Waals surface area contributed by atoms with Gasteiger partial charge < -0.3 is 5.11 Å². The fourth-order valence-corrected chi connectivity index (χ4v) is 5.13. The summed E-state index contributed by atoms with van der Waals surface area (Å²) in [4.78, 5) is 0. The van der Waals surface area contributed by atoms with Gasteiger partial charge in [-0.25, -0.2) is 4.39 Å². The lowest BCUT2D eigenvalue weighted by Gasteiger charge is -2.38. The minimum atomic E-state index is -0.137. The van der Waals surface area contributed by atoms with Crippen molar-refractivity contribution in [3.63, 3.8) is 0 Å². The van der Waals surface area contributed by atoms with Gasteiger partial charge in [-0.1, -0.05) is 38.3 Å². The predicted octanol–water partition coefficient (Wildman–Crippen LogP) is 5.85. The lowest BCUT2D eigenvalue weighted by atomic mass is 9.68. The molecule has 0 heterocycles. The molecule has 1 nitrogen and oxygen atoms in total. The van der Waals surface area contributed by atoms with Crippen LogP contribution in [-0.4, -0.2) is 11.7 Å². The molecule has 0 saturated heterocycles. The molecule has 2 aliphatic rings. The van der Waals surface area contributed by atoms with Gasteiger partial charge in [-0.05, 0) is 85.8 Å². The summed E-state index contributed by atoms with van der Waals surface area (Å²) >= 11 is 0. The Hall–Kier alpha value is -0.890. The van der Waals surface area contributed by atoms with E-state index in [0.717, 1.165) is 17.8 Å². The molecule has 134 valence electrons. The summed E-state index contributed by atoms with van der Waals surface area (Å²) < 4.78 is 14.1. The van der Waals surface area contributed by atoms with Crippen molar-refractivity contribution in [1.82, 2.24) is 0 Å². The molecule has 0 radical (unpaired) electrons. The van der Waals surface area contributed by atoms with E-state index in [0.29, 0.717) is 17.9 Å². The first kappa shape index (κ1) is 17.9. The third kappa shape index (κ3) is 4.20. The van der Waals surface area contributed by atoms with Crippen LogP contribution in [0.15, 0.2) is 18.2 Å². The maximum absolute atomic E-state index is 14.1. The number of aliphatic hydroxyl groups excluding tert-OH is 1. The molecule has 0 amide bonds. The summed E-state index contributed by atoms with van der Waals surface area (Å²) in [7, 11) is 0. The summed E-state index contributed by atoms with van der Waals surface area (Å²) in [6, 6.07) is 5.69. The van der Waals surface area contributed by atoms with Gasteiger partial charge in [-0.2, -0.15) is 0 Å². The predicted molar refractivity (Wildman–Crippen MR) is 97.6 cm³/mol. The average molecular weight is 333 g/mol. The number of aliphatic hydroxyl groups is 1. The second kappa shape index (κ2) is 8.47. The molecule has 2 heteroatoms. The first-order valence-corrected chi connectivity index (χ1v) is 10.1. The highest BCUT2D eigenvalue weighted by molar-refractivity contribution is 5.27. The van der Waals surface area contributed by atoms with Crippen LogP contribution in [0.4, 0.5) is 4.39 Å². The van der Waals surface area contributed by atoms with Gasteiger partial charge in [0.25, 0.3) is 0 Å². The highest BCUT2D eigenvalue weighted by atomic mass is 19.1. The van der Waals surface area contributed by atoms with Crippen LogP contribution in [0.5, 0.6) is 0 Å². The van der Waals surface area contributed by atoms with Gasteiger partial charge >= 0.3 is 0 Å². The quantitative estimate of drug-likeness (QED) is 0.717. The van der Waals surface area contributed by atoms with Crippen molar-refractivity contribution in [2.24, 2.45) is 17.8 Å². The smallest absolute Gasteiger partial charge is 0.126 e. The first-order chi connectivity index (χ1) is 11.7. The Labute approximate surface area is 146 Å². The number of hydrogen-bond acceptors (Lipinski definition) is 1. The molecule has 1 aromatic carbocycles. The van der Waals surface area contributed by atoms with Crippen LogP contribution in [0.1, 0.15) is 81.8 Å². The highest BCUT2D eigenvalue weighted by Crippen LogP contribution is 2.44. The molecule has 1 aromatic rings. The number of hydrogen-bond donors (Lipinski definition) is 1. The lowest BCUT2D eigenvalue weighted by Crippen LogP contribution is -2.25. The van der Waals surface area contributed by atoms with Crippen molar-refractivity contribution in [2.45, 2.75) is 77.0 Å². The normalized spacial score (nSPS) is 31.1. The topological polar surface area (TPSA) is 20.2 Å². The third-order valence-corrected chi connectivity index (χ3v) is 6.84. The van der Waals surface area contributed by atoms with Crippen molar-refractivity contribution in [3.8, 4) is 0 Å². The molecule has 0 bridgehead atoms. The molecule has 0 unspecified atom stereocenters. The van der Waals surface area contributed by atoms with E-state index in [1.165, 1.54) is 63.4 Å². The monoisotopic (exact) mass is 332 g/mol. The highest BCUT2D eigenvalue weighted by Gasteiger charge is 2.31. The standard InChI is InChI=1S/C22H33FO/c1-2-16-3-5-17(6-4-16)18-7-9-19(10-8-18)21-12-11-20(13-14-24)22(23)15-21/h11-12,15-19,24H,2-10,13-14H2,1H3. The van der Waals surface area contributed by atoms with Crippen LogP contribution < -0.4 is 0 Å². The Balaban J connectivity index is 1.52. The molecule has 1 N–H and O–H groups in total. The molecule has 2 aliphatic carbocycles. The van der Waals surface area contributed by atoms with Crippen LogP contribution in [0, 0.1) is 23.6 Å². The largest absolute Gasteiger partial charge is 0.396 e. The molecule has 2 fully saturated rings. The fraction of sp³-hybridized carbons (Fsp3) is 0.727. The van der Waals surface area contributed by atoms with E-state index in [-0.39, 0.29) is 12.4 Å². The Kier molecular flexibility index (Phi) is 6.32. The molecule has 0 spiro atoms. The molecule has 2 saturated carbocycles. The van der Waals surface area contributed by atoms with E-state index in [2.05, 4.69) is 13.0 Å². The van der Waals surface area contributed by atoms with E-state index < -0.39 is 0 Å². The number of halogens is 1. The maximum Gasteiger partial charge on any atom is 0.126 e. The number of rotatable bonds is 5. The van der Waals surface area contributed by atoms with E-state index in [1.807, 2.05) is 6.07 Å². The molecule has 0 aliphatic heterocycles. The van der Waals surface area contributed by atoms with Gasteiger partial charge in [0.1, 0.15) is 5.82 Å². The summed E-state index contributed by atoms with van der Waals surface area (Å²) in [5.41, 5.74) is 1.81. The van der Waals surface area contributed by atoms with Gasteiger partial charge in [0.15, 0.2) is 0 Å². The SMILES string of the molecule is CCC1CCC(C2CCC(c3ccc(CCO)c(F)c3)CC2)CC1. The molecular weight excluding hydrogens is 299 g/mol. The molecular formula is C22H33FO. The van der Waals surface area contributed by atoms with Gasteiger partial charge in [0.05, 0.1) is 0 Å². The zero-order chi connectivity index (χ0) is 16.9. The van der Waals surface area contributed by atoms with Crippen LogP contribution in [0.2, 0.25) is 0 Å². The summed E-state index contributed by atoms with van der Waals surface area (Å²) in [6.07, 6.45) is 12.6. The van der Waals surface area contributed by atoms with Gasteiger partial charge in [-0.3, -0.25) is 0 Å². The van der Waals surface area contributed by atoms with Crippen molar-refractivity contribution in [2.75, 3.05) is 6.61 Å². The Morgan fingerprint density at radius 3 is 2.12 bits per heavy atom. The van der Waals surface area contributed by atoms with Crippen molar-refractivity contribution < 1.29 is 9.50 Å². The Morgan fingerprint density at radius 1 is 0.958 bits per heavy atom. The van der Waals surface area contributed by atoms with Gasteiger partial charge in [-0.15, -0.1) is 0 Å². The molecule has 24 heavy (non-hydrogen) atoms. The third-order valence-electron chi connectivity index (χ3n) is 6.84. The van der Waals surface area contributed by atoms with Crippen molar-refractivity contribution in [1.29, 1.82) is 0 Å². The van der Waals surface area contributed by atoms with Crippen molar-refractivity contribution >= 4 is 0 Å². The maximum atomic E-state index is 14.1.